The van der Waals surface area contributed by atoms with Crippen molar-refractivity contribution in [1.82, 2.24) is 19.9 Å². The number of rotatable bonds is 6. The molecular weight excluding hydrogens is 384 g/mol. The molecule has 1 unspecified atom stereocenters. The van der Waals surface area contributed by atoms with E-state index in [0.717, 1.165) is 47.4 Å². The van der Waals surface area contributed by atoms with Crippen LogP contribution < -0.4 is 0 Å². The van der Waals surface area contributed by atoms with Gasteiger partial charge in [0.2, 0.25) is 0 Å². The maximum absolute atomic E-state index is 11.4. The summed E-state index contributed by atoms with van der Waals surface area (Å²) < 4.78 is 0. The molecule has 1 fully saturated rings. The summed E-state index contributed by atoms with van der Waals surface area (Å²) in [6, 6.07) is 9.30. The van der Waals surface area contributed by atoms with Gasteiger partial charge in [0.1, 0.15) is 11.8 Å². The minimum Gasteiger partial charge on any atom is -0.345 e. The SMILES string of the molecule is CC(C)(C=O)Cc1c[nH]c2ncc(-c3cccc(CN4CCCC4C(C)(C)C)c3)nc12. The Morgan fingerprint density at radius 3 is 2.77 bits per heavy atom. The van der Waals surface area contributed by atoms with E-state index in [2.05, 4.69) is 59.9 Å². The first-order valence-electron chi connectivity index (χ1n) is 11.3. The summed E-state index contributed by atoms with van der Waals surface area (Å²) in [6.45, 7) is 13.1. The van der Waals surface area contributed by atoms with Crippen LogP contribution in [0, 0.1) is 10.8 Å². The van der Waals surface area contributed by atoms with Crippen LogP contribution in [0.15, 0.2) is 36.7 Å². The fraction of sp³-hybridized carbons (Fsp3) is 0.500. The molecule has 0 amide bonds. The van der Waals surface area contributed by atoms with Crippen LogP contribution in [-0.2, 0) is 17.8 Å². The number of H-pyrrole nitrogens is 1. The maximum atomic E-state index is 11.4. The smallest absolute Gasteiger partial charge is 0.156 e. The molecule has 3 aromatic rings. The van der Waals surface area contributed by atoms with Crippen molar-refractivity contribution in [3.05, 3.63) is 47.8 Å². The summed E-state index contributed by atoms with van der Waals surface area (Å²) in [7, 11) is 0. The second-order valence-corrected chi connectivity index (χ2v) is 10.7. The van der Waals surface area contributed by atoms with Crippen LogP contribution in [0.1, 0.15) is 58.6 Å². The van der Waals surface area contributed by atoms with Gasteiger partial charge in [-0.15, -0.1) is 0 Å². The quantitative estimate of drug-likeness (QED) is 0.544. The standard InChI is InChI=1S/C26H34N4O/c1-25(2,3)22-10-7-11-30(22)16-18-8-6-9-19(12-18)21-15-28-24-23(29-21)20(14-27-24)13-26(4,5)17-31/h6,8-9,12,14-15,17,22H,7,10-11,13,16H2,1-5H3,(H,27,28). The minimum atomic E-state index is -0.425. The van der Waals surface area contributed by atoms with Crippen molar-refractivity contribution < 1.29 is 4.79 Å². The molecule has 5 nitrogen and oxygen atoms in total. The summed E-state index contributed by atoms with van der Waals surface area (Å²) in [6.07, 6.45) is 7.96. The highest BCUT2D eigenvalue weighted by molar-refractivity contribution is 5.78. The largest absolute Gasteiger partial charge is 0.345 e. The molecular formula is C26H34N4O. The van der Waals surface area contributed by atoms with Gasteiger partial charge in [0, 0.05) is 29.8 Å². The van der Waals surface area contributed by atoms with Gasteiger partial charge < -0.3 is 9.78 Å². The predicted molar refractivity (Wildman–Crippen MR) is 126 cm³/mol. The Morgan fingerprint density at radius 2 is 2.03 bits per heavy atom. The third-order valence-electron chi connectivity index (χ3n) is 6.40. The third kappa shape index (κ3) is 4.72. The van der Waals surface area contributed by atoms with E-state index in [9.17, 15) is 4.79 Å². The van der Waals surface area contributed by atoms with Crippen molar-refractivity contribution in [1.29, 1.82) is 0 Å². The van der Waals surface area contributed by atoms with Gasteiger partial charge in [0.25, 0.3) is 0 Å². The molecule has 1 aromatic carbocycles. The Labute approximate surface area is 185 Å². The van der Waals surface area contributed by atoms with E-state index in [1.807, 2.05) is 26.2 Å². The number of likely N-dealkylation sites (tertiary alicyclic amines) is 1. The van der Waals surface area contributed by atoms with E-state index < -0.39 is 5.41 Å². The number of carbonyl (C=O) groups is 1. The monoisotopic (exact) mass is 418 g/mol. The van der Waals surface area contributed by atoms with E-state index in [1.165, 1.54) is 18.4 Å². The lowest BCUT2D eigenvalue weighted by molar-refractivity contribution is -0.114. The van der Waals surface area contributed by atoms with Crippen LogP contribution >= 0.6 is 0 Å². The molecule has 0 bridgehead atoms. The fourth-order valence-corrected chi connectivity index (χ4v) is 4.81. The third-order valence-corrected chi connectivity index (χ3v) is 6.40. The normalized spacial score (nSPS) is 18.0. The second-order valence-electron chi connectivity index (χ2n) is 10.7. The van der Waals surface area contributed by atoms with Crippen LogP contribution in [-0.4, -0.2) is 38.7 Å². The van der Waals surface area contributed by atoms with Crippen molar-refractivity contribution in [3.8, 4) is 11.3 Å². The Kier molecular flexibility index (Phi) is 5.73. The second kappa shape index (κ2) is 8.19. The molecule has 3 heterocycles. The lowest BCUT2D eigenvalue weighted by atomic mass is 9.85. The number of aldehydes is 1. The number of carbonyl (C=O) groups excluding carboxylic acids is 1. The summed E-state index contributed by atoms with van der Waals surface area (Å²) >= 11 is 0. The lowest BCUT2D eigenvalue weighted by Crippen LogP contribution is -2.38. The fourth-order valence-electron chi connectivity index (χ4n) is 4.81. The number of hydrogen-bond acceptors (Lipinski definition) is 4. The van der Waals surface area contributed by atoms with Gasteiger partial charge in [-0.25, -0.2) is 9.97 Å². The molecule has 1 aliphatic heterocycles. The van der Waals surface area contributed by atoms with Gasteiger partial charge in [-0.1, -0.05) is 52.8 Å². The van der Waals surface area contributed by atoms with Crippen LogP contribution in [0.25, 0.3) is 22.4 Å². The first kappa shape index (κ1) is 21.7. The van der Waals surface area contributed by atoms with Crippen LogP contribution in [0.5, 0.6) is 0 Å². The average molecular weight is 419 g/mol. The molecule has 0 radical (unpaired) electrons. The molecule has 5 heteroatoms. The Bertz CT molecular complexity index is 1080. The van der Waals surface area contributed by atoms with E-state index in [4.69, 9.17) is 4.98 Å². The topological polar surface area (TPSA) is 61.9 Å². The molecule has 4 rings (SSSR count). The van der Waals surface area contributed by atoms with Gasteiger partial charge in [-0.05, 0) is 48.4 Å². The van der Waals surface area contributed by atoms with Gasteiger partial charge in [-0.3, -0.25) is 4.90 Å². The van der Waals surface area contributed by atoms with Crippen molar-refractivity contribution in [2.45, 2.75) is 66.5 Å². The van der Waals surface area contributed by atoms with Gasteiger partial charge in [-0.2, -0.15) is 0 Å². The van der Waals surface area contributed by atoms with E-state index in [-0.39, 0.29) is 0 Å². The van der Waals surface area contributed by atoms with Gasteiger partial charge >= 0.3 is 0 Å². The molecule has 0 spiro atoms. The zero-order chi connectivity index (χ0) is 22.2. The maximum Gasteiger partial charge on any atom is 0.156 e. The number of nitrogens with one attached hydrogen (secondary N) is 1. The molecule has 1 saturated heterocycles. The summed E-state index contributed by atoms with van der Waals surface area (Å²) in [5.74, 6) is 0. The first-order chi connectivity index (χ1) is 14.7. The van der Waals surface area contributed by atoms with Gasteiger partial charge in [0.05, 0.1) is 11.9 Å². The van der Waals surface area contributed by atoms with Crippen molar-refractivity contribution in [2.75, 3.05) is 6.54 Å². The molecule has 1 aliphatic rings. The summed E-state index contributed by atoms with van der Waals surface area (Å²) in [5.41, 5.74) is 5.78. The highest BCUT2D eigenvalue weighted by atomic mass is 16.1. The Balaban J connectivity index is 1.61. The zero-order valence-electron chi connectivity index (χ0n) is 19.4. The average Bonchev–Trinajstić information content (AvgIpc) is 3.35. The minimum absolute atomic E-state index is 0.296. The summed E-state index contributed by atoms with van der Waals surface area (Å²) in [5, 5.41) is 0. The van der Waals surface area contributed by atoms with Crippen molar-refractivity contribution in [2.24, 2.45) is 10.8 Å². The lowest BCUT2D eigenvalue weighted by Gasteiger charge is -2.35. The number of aromatic amines is 1. The van der Waals surface area contributed by atoms with Gasteiger partial charge in [0.15, 0.2) is 5.65 Å². The molecule has 1 atom stereocenters. The highest BCUT2D eigenvalue weighted by Gasteiger charge is 2.33. The number of hydrogen-bond donors (Lipinski definition) is 1. The van der Waals surface area contributed by atoms with Crippen LogP contribution in [0.2, 0.25) is 0 Å². The zero-order valence-corrected chi connectivity index (χ0v) is 19.4. The van der Waals surface area contributed by atoms with Crippen molar-refractivity contribution in [3.63, 3.8) is 0 Å². The van der Waals surface area contributed by atoms with Crippen molar-refractivity contribution >= 4 is 17.5 Å². The van der Waals surface area contributed by atoms with E-state index in [1.54, 1.807) is 0 Å². The number of fused-ring (bicyclic) bond motifs is 1. The molecule has 0 aliphatic carbocycles. The molecule has 164 valence electrons. The van der Waals surface area contributed by atoms with Crippen LogP contribution in [0.4, 0.5) is 0 Å². The highest BCUT2D eigenvalue weighted by Crippen LogP contribution is 2.34. The number of nitrogens with zero attached hydrogens (tertiary/aromatic N) is 3. The van der Waals surface area contributed by atoms with E-state index >= 15 is 0 Å². The molecule has 1 N–H and O–H groups in total. The predicted octanol–water partition coefficient (Wildman–Crippen LogP) is 5.40. The number of benzene rings is 1. The summed E-state index contributed by atoms with van der Waals surface area (Å²) in [4.78, 5) is 26.7. The Morgan fingerprint density at radius 1 is 1.23 bits per heavy atom. The first-order valence-corrected chi connectivity index (χ1v) is 11.3. The molecule has 31 heavy (non-hydrogen) atoms. The molecule has 0 saturated carbocycles. The Hall–Kier alpha value is -2.53. The molecule has 2 aromatic heterocycles. The van der Waals surface area contributed by atoms with E-state index in [0.29, 0.717) is 17.9 Å². The number of aromatic nitrogens is 3. The van der Waals surface area contributed by atoms with Crippen LogP contribution in [0.3, 0.4) is 0 Å².